The summed E-state index contributed by atoms with van der Waals surface area (Å²) in [5.74, 6) is -4.68. The second-order valence-electron chi connectivity index (χ2n) is 7.61. The molecule has 0 aliphatic carbocycles. The first-order valence-corrected chi connectivity index (χ1v) is 12.0. The normalized spacial score (nSPS) is 8.60. The maximum atomic E-state index is 12.6. The molecule has 0 aliphatic heterocycles. The summed E-state index contributed by atoms with van der Waals surface area (Å²) in [6.07, 6.45) is -0.109. The van der Waals surface area contributed by atoms with Crippen LogP contribution < -0.4 is 51.4 Å². The van der Waals surface area contributed by atoms with Crippen LogP contribution in [0.5, 0.6) is 0 Å². The van der Waals surface area contributed by atoms with Gasteiger partial charge in [-0.15, -0.1) is 0 Å². The number of hydrogen-bond acceptors (Lipinski definition) is 10. The summed E-state index contributed by atoms with van der Waals surface area (Å²) in [6, 6.07) is 11.3. The van der Waals surface area contributed by atoms with E-state index in [1.54, 1.807) is 32.9 Å². The second-order valence-corrected chi connectivity index (χ2v) is 7.61. The predicted octanol–water partition coefficient (Wildman–Crippen LogP) is 1.44. The van der Waals surface area contributed by atoms with Crippen LogP contribution in [0.4, 0.5) is 8.78 Å². The number of ether oxygens (including phenoxy) is 3. The Bertz CT molecular complexity index is 1090. The van der Waals surface area contributed by atoms with Crippen molar-refractivity contribution in [3.63, 3.8) is 0 Å². The van der Waals surface area contributed by atoms with E-state index >= 15 is 0 Å². The molecule has 0 bridgehead atoms. The molecule has 0 atom stereocenters. The Labute approximate surface area is 294 Å². The topological polar surface area (TPSA) is 160 Å². The molecule has 13 heteroatoms. The zero-order valence-corrected chi connectivity index (χ0v) is 27.9. The number of esters is 3. The molecule has 0 saturated heterocycles. The molecule has 0 fully saturated rings. The minimum Gasteiger partial charge on any atom is -0.870 e. The molecule has 1 N–H and O–H groups in total. The summed E-state index contributed by atoms with van der Waals surface area (Å²) in [4.78, 5) is 65.2. The fourth-order valence-electron chi connectivity index (χ4n) is 2.63. The molecule has 0 aromatic heterocycles. The van der Waals surface area contributed by atoms with E-state index in [-0.39, 0.29) is 110 Å². The average Bonchev–Trinajstić information content (AvgIpc) is 2.87. The maximum Gasteiger partial charge on any atom is 1.00 e. The third-order valence-electron chi connectivity index (χ3n) is 4.26. The first kappa shape index (κ1) is 50.0. The van der Waals surface area contributed by atoms with E-state index in [0.717, 1.165) is 5.56 Å². The first-order chi connectivity index (χ1) is 18.4. The van der Waals surface area contributed by atoms with Gasteiger partial charge in [0.15, 0.2) is 0 Å². The number of rotatable bonds is 10. The molecule has 0 saturated carbocycles. The monoisotopic (exact) mass is 637 g/mol. The Morgan fingerprint density at radius 1 is 0.628 bits per heavy atom. The molecule has 0 unspecified atom stereocenters. The van der Waals surface area contributed by atoms with Gasteiger partial charge in [0, 0.05) is 12.8 Å². The Morgan fingerprint density at radius 2 is 0.953 bits per heavy atom. The van der Waals surface area contributed by atoms with E-state index < -0.39 is 41.7 Å². The molecule has 2 aromatic carbocycles. The second kappa shape index (κ2) is 29.4. The number of ketones is 3. The van der Waals surface area contributed by atoms with Gasteiger partial charge >= 0.3 is 69.3 Å². The number of carbonyl (C=O) groups excluding carboxylic acids is 6. The van der Waals surface area contributed by atoms with Crippen molar-refractivity contribution < 1.29 is 109 Å². The van der Waals surface area contributed by atoms with Crippen LogP contribution in [0.25, 0.3) is 0 Å². The summed E-state index contributed by atoms with van der Waals surface area (Å²) in [5.41, 5.74) is 1.46. The van der Waals surface area contributed by atoms with Gasteiger partial charge < -0.3 is 27.1 Å². The van der Waals surface area contributed by atoms with Gasteiger partial charge in [-0.3, -0.25) is 14.4 Å². The van der Waals surface area contributed by atoms with E-state index in [4.69, 9.17) is 0 Å². The quantitative estimate of drug-likeness (QED) is 0.0932. The van der Waals surface area contributed by atoms with Gasteiger partial charge in [-0.2, -0.15) is 0 Å². The third-order valence-corrected chi connectivity index (χ3v) is 4.26. The standard InChI is InChI=1S/C13H13FO4.C9H9FO.C6H10O4.CH4.CH3.K.H2O/c1-2-18-13(17)12(16)8-11(15)7-9-3-5-10(14)6-4-9;1-7(11)6-8-2-4-9(10)5-3-8;1-3-9-5(7)6(8)10-4-2;;;;/h3-6H,2,7-8H2,1H3;2-5H,6H2,1H3;3-4H2,1-2H3;1H4;1H3;;1H2/q;;;;-1;+1;/p-1. The van der Waals surface area contributed by atoms with Crippen molar-refractivity contribution >= 4 is 35.3 Å². The smallest absolute Gasteiger partial charge is 0.870 e. The molecule has 236 valence electrons. The fourth-order valence-corrected chi connectivity index (χ4v) is 2.63. The molecule has 0 spiro atoms. The molecule has 2 rings (SSSR count). The summed E-state index contributed by atoms with van der Waals surface area (Å²) in [5, 5.41) is 0. The summed E-state index contributed by atoms with van der Waals surface area (Å²) in [6.45, 7) is 6.81. The average molecular weight is 638 g/mol. The molecule has 0 heterocycles. The Kier molecular flexibility index (Phi) is 34.2. The van der Waals surface area contributed by atoms with E-state index in [1.807, 2.05) is 0 Å². The number of Topliss-reactive ketones (excluding diaryl/α,β-unsaturated/α-hetero) is 3. The molecule has 0 radical (unpaired) electrons. The van der Waals surface area contributed by atoms with Crippen LogP contribution in [0.3, 0.4) is 0 Å². The van der Waals surface area contributed by atoms with E-state index in [2.05, 4.69) is 14.2 Å². The van der Waals surface area contributed by atoms with Crippen molar-refractivity contribution in [3.8, 4) is 0 Å². The SMILES string of the molecule is C.CC(=O)Cc1ccc(F)cc1.CCOC(=O)C(=O)CC(=O)Cc1ccc(F)cc1.CCOC(=O)C(=O)OCC.[CH3-].[K+].[OH-]. The van der Waals surface area contributed by atoms with Crippen LogP contribution >= 0.6 is 0 Å². The zero-order valence-electron chi connectivity index (χ0n) is 24.7. The van der Waals surface area contributed by atoms with Crippen molar-refractivity contribution in [2.75, 3.05) is 19.8 Å². The largest absolute Gasteiger partial charge is 1.00 e. The van der Waals surface area contributed by atoms with E-state index in [0.29, 0.717) is 12.0 Å². The molecule has 10 nitrogen and oxygen atoms in total. The predicted molar refractivity (Wildman–Crippen MR) is 150 cm³/mol. The summed E-state index contributed by atoms with van der Waals surface area (Å²) in [7, 11) is 0. The summed E-state index contributed by atoms with van der Waals surface area (Å²) >= 11 is 0. The first-order valence-electron chi connectivity index (χ1n) is 12.0. The summed E-state index contributed by atoms with van der Waals surface area (Å²) < 4.78 is 38.1. The molecular formula is C30H40F2KO10-. The van der Waals surface area contributed by atoms with Crippen LogP contribution in [0, 0.1) is 19.1 Å². The number of carbonyl (C=O) groups is 6. The number of hydrogen-bond donors (Lipinski definition) is 0. The Hall–Kier alpha value is -2.68. The van der Waals surface area contributed by atoms with Gasteiger partial charge in [0.2, 0.25) is 5.78 Å². The van der Waals surface area contributed by atoms with Gasteiger partial charge in [0.25, 0.3) is 0 Å². The van der Waals surface area contributed by atoms with Gasteiger partial charge in [0.05, 0.1) is 26.2 Å². The third kappa shape index (κ3) is 25.5. The van der Waals surface area contributed by atoms with Crippen molar-refractivity contribution in [1.29, 1.82) is 0 Å². The molecule has 0 aliphatic rings. The zero-order chi connectivity index (χ0) is 29.8. The Balaban J connectivity index is -0.000000169. The fraction of sp³-hybridized carbons (Fsp3) is 0.367. The Morgan fingerprint density at radius 3 is 1.28 bits per heavy atom. The van der Waals surface area contributed by atoms with Gasteiger partial charge in [-0.25, -0.2) is 23.2 Å². The van der Waals surface area contributed by atoms with Crippen LogP contribution in [-0.4, -0.2) is 60.6 Å². The minimum absolute atomic E-state index is 0. The van der Waals surface area contributed by atoms with Crippen molar-refractivity contribution in [1.82, 2.24) is 0 Å². The van der Waals surface area contributed by atoms with Gasteiger partial charge in [-0.05, 0) is 63.1 Å². The minimum atomic E-state index is -0.995. The van der Waals surface area contributed by atoms with E-state index in [9.17, 15) is 37.5 Å². The van der Waals surface area contributed by atoms with Crippen molar-refractivity contribution in [3.05, 3.63) is 78.7 Å². The van der Waals surface area contributed by atoms with E-state index in [1.165, 1.54) is 43.3 Å². The van der Waals surface area contributed by atoms with Gasteiger partial charge in [0.1, 0.15) is 23.2 Å². The van der Waals surface area contributed by atoms with Crippen molar-refractivity contribution in [2.45, 2.75) is 54.4 Å². The van der Waals surface area contributed by atoms with Crippen LogP contribution in [-0.2, 0) is 55.8 Å². The molecule has 0 amide bonds. The van der Waals surface area contributed by atoms with Crippen LogP contribution in [0.1, 0.15) is 52.7 Å². The van der Waals surface area contributed by atoms with Crippen molar-refractivity contribution in [2.24, 2.45) is 0 Å². The van der Waals surface area contributed by atoms with Crippen LogP contribution in [0.2, 0.25) is 0 Å². The van der Waals surface area contributed by atoms with Crippen LogP contribution in [0.15, 0.2) is 48.5 Å². The molecule has 43 heavy (non-hydrogen) atoms. The number of benzene rings is 2. The molecule has 2 aromatic rings. The maximum absolute atomic E-state index is 12.6. The number of halogens is 2. The van der Waals surface area contributed by atoms with Gasteiger partial charge in [-0.1, -0.05) is 31.7 Å². The molecular weight excluding hydrogens is 597 g/mol.